The van der Waals surface area contributed by atoms with Gasteiger partial charge in [-0.15, -0.1) is 0 Å². The molecule has 1 saturated carbocycles. The van der Waals surface area contributed by atoms with E-state index in [0.717, 1.165) is 36.0 Å². The maximum Gasteiger partial charge on any atom is 0.346 e. The molecule has 2 aliphatic rings. The minimum Gasteiger partial charge on any atom is -0.383 e. The summed E-state index contributed by atoms with van der Waals surface area (Å²) in [5.41, 5.74) is 0.421. The Balaban J connectivity index is 1.59. The Hall–Kier alpha value is -1.64. The SMILES string of the molecule is COCCn1nc(C2CCCN(C(=O)c3cc(Br)ccc3Cl)C2)n(C2CC2)c1=O. The van der Waals surface area contributed by atoms with Crippen molar-refractivity contribution in [3.8, 4) is 0 Å². The summed E-state index contributed by atoms with van der Waals surface area (Å²) >= 11 is 9.68. The Morgan fingerprint density at radius 2 is 2.14 bits per heavy atom. The number of halogens is 2. The summed E-state index contributed by atoms with van der Waals surface area (Å²) in [6.07, 6.45) is 3.78. The van der Waals surface area contributed by atoms with Crippen LogP contribution in [-0.2, 0) is 11.3 Å². The van der Waals surface area contributed by atoms with Gasteiger partial charge in [0.25, 0.3) is 5.91 Å². The highest BCUT2D eigenvalue weighted by Crippen LogP contribution is 2.37. The van der Waals surface area contributed by atoms with Gasteiger partial charge in [-0.2, -0.15) is 5.10 Å². The standard InChI is InChI=1S/C20H24BrClN4O3/c1-29-10-9-25-20(28)26(15-5-6-15)18(23-25)13-3-2-8-24(12-13)19(27)16-11-14(21)4-7-17(16)22/h4,7,11,13,15H,2-3,5-6,8-10,12H2,1H3. The average molecular weight is 484 g/mol. The van der Waals surface area contributed by atoms with Crippen molar-refractivity contribution in [3.63, 3.8) is 0 Å². The summed E-state index contributed by atoms with van der Waals surface area (Å²) in [5.74, 6) is 0.752. The average Bonchev–Trinajstić information content (AvgIpc) is 3.51. The van der Waals surface area contributed by atoms with Crippen molar-refractivity contribution in [1.82, 2.24) is 19.2 Å². The van der Waals surface area contributed by atoms with E-state index in [1.807, 2.05) is 15.5 Å². The molecule has 1 atom stereocenters. The molecule has 1 saturated heterocycles. The van der Waals surface area contributed by atoms with Crippen LogP contribution in [0.5, 0.6) is 0 Å². The molecule has 156 valence electrons. The first kappa shape index (κ1) is 20.6. The highest BCUT2D eigenvalue weighted by Gasteiger charge is 2.35. The van der Waals surface area contributed by atoms with Crippen LogP contribution < -0.4 is 5.69 Å². The fourth-order valence-corrected chi connectivity index (χ4v) is 4.48. The lowest BCUT2D eigenvalue weighted by Crippen LogP contribution is -2.40. The van der Waals surface area contributed by atoms with Gasteiger partial charge in [0.1, 0.15) is 5.82 Å². The Labute approximate surface area is 182 Å². The van der Waals surface area contributed by atoms with E-state index in [-0.39, 0.29) is 23.6 Å². The molecule has 2 aromatic rings. The van der Waals surface area contributed by atoms with Gasteiger partial charge in [0.2, 0.25) is 0 Å². The summed E-state index contributed by atoms with van der Waals surface area (Å²) in [6, 6.07) is 5.54. The second-order valence-corrected chi connectivity index (χ2v) is 9.00. The van der Waals surface area contributed by atoms with E-state index in [1.54, 1.807) is 19.2 Å². The molecule has 2 fully saturated rings. The van der Waals surface area contributed by atoms with Gasteiger partial charge in [-0.05, 0) is 43.9 Å². The fraction of sp³-hybridized carbons (Fsp3) is 0.550. The van der Waals surface area contributed by atoms with Crippen molar-refractivity contribution in [1.29, 1.82) is 0 Å². The van der Waals surface area contributed by atoms with Crippen molar-refractivity contribution >= 4 is 33.4 Å². The van der Waals surface area contributed by atoms with Crippen molar-refractivity contribution in [2.24, 2.45) is 0 Å². The number of ether oxygens (including phenoxy) is 1. The molecule has 0 bridgehead atoms. The van der Waals surface area contributed by atoms with Gasteiger partial charge >= 0.3 is 5.69 Å². The number of aromatic nitrogens is 3. The van der Waals surface area contributed by atoms with Gasteiger partial charge in [-0.25, -0.2) is 9.48 Å². The van der Waals surface area contributed by atoms with Crippen LogP contribution in [0.4, 0.5) is 0 Å². The third kappa shape index (κ3) is 4.29. The third-order valence-corrected chi connectivity index (χ3v) is 6.37. The minimum absolute atomic E-state index is 0.0377. The number of hydrogen-bond donors (Lipinski definition) is 0. The first-order valence-corrected chi connectivity index (χ1v) is 11.1. The lowest BCUT2D eigenvalue weighted by Gasteiger charge is -2.32. The number of carbonyl (C=O) groups excluding carboxylic acids is 1. The first-order chi connectivity index (χ1) is 14.0. The van der Waals surface area contributed by atoms with Crippen LogP contribution in [0.25, 0.3) is 0 Å². The van der Waals surface area contributed by atoms with E-state index < -0.39 is 0 Å². The summed E-state index contributed by atoms with van der Waals surface area (Å²) in [6.45, 7) is 2.09. The zero-order chi connectivity index (χ0) is 20.5. The highest BCUT2D eigenvalue weighted by molar-refractivity contribution is 9.10. The molecular weight excluding hydrogens is 460 g/mol. The second-order valence-electron chi connectivity index (χ2n) is 7.67. The van der Waals surface area contributed by atoms with Gasteiger partial charge in [-0.3, -0.25) is 9.36 Å². The van der Waals surface area contributed by atoms with E-state index >= 15 is 0 Å². The first-order valence-electron chi connectivity index (χ1n) is 9.92. The van der Waals surface area contributed by atoms with Gasteiger partial charge in [-0.1, -0.05) is 27.5 Å². The van der Waals surface area contributed by atoms with E-state index in [0.29, 0.717) is 36.8 Å². The number of piperidine rings is 1. The van der Waals surface area contributed by atoms with Crippen molar-refractivity contribution in [2.75, 3.05) is 26.8 Å². The zero-order valence-electron chi connectivity index (χ0n) is 16.3. The number of rotatable bonds is 6. The van der Waals surface area contributed by atoms with Crippen LogP contribution in [-0.4, -0.2) is 52.0 Å². The molecule has 0 spiro atoms. The predicted molar refractivity (Wildman–Crippen MR) is 114 cm³/mol. The lowest BCUT2D eigenvalue weighted by atomic mass is 9.96. The molecule has 1 aliphatic carbocycles. The predicted octanol–water partition coefficient (Wildman–Crippen LogP) is 3.46. The van der Waals surface area contributed by atoms with Gasteiger partial charge < -0.3 is 9.64 Å². The van der Waals surface area contributed by atoms with Crippen LogP contribution in [0.15, 0.2) is 27.5 Å². The third-order valence-electron chi connectivity index (χ3n) is 5.55. The molecule has 1 aliphatic heterocycles. The van der Waals surface area contributed by atoms with Crippen LogP contribution in [0.2, 0.25) is 5.02 Å². The van der Waals surface area contributed by atoms with E-state index in [4.69, 9.17) is 16.3 Å². The largest absolute Gasteiger partial charge is 0.383 e. The summed E-state index contributed by atoms with van der Waals surface area (Å²) < 4.78 is 9.28. The molecule has 0 N–H and O–H groups in total. The van der Waals surface area contributed by atoms with Crippen LogP contribution >= 0.6 is 27.5 Å². The van der Waals surface area contributed by atoms with Crippen LogP contribution in [0, 0.1) is 0 Å². The molecule has 7 nitrogen and oxygen atoms in total. The molecule has 4 rings (SSSR count). The van der Waals surface area contributed by atoms with Crippen LogP contribution in [0.3, 0.4) is 0 Å². The number of benzene rings is 1. The second kappa shape index (κ2) is 8.62. The van der Waals surface area contributed by atoms with Crippen molar-refractivity contribution < 1.29 is 9.53 Å². The quantitative estimate of drug-likeness (QED) is 0.631. The number of hydrogen-bond acceptors (Lipinski definition) is 4. The Bertz CT molecular complexity index is 969. The maximum atomic E-state index is 13.1. The number of carbonyl (C=O) groups is 1. The Morgan fingerprint density at radius 1 is 1.34 bits per heavy atom. The molecule has 9 heteroatoms. The molecule has 1 aromatic carbocycles. The van der Waals surface area contributed by atoms with Crippen molar-refractivity contribution in [3.05, 3.63) is 49.6 Å². The Morgan fingerprint density at radius 3 is 2.86 bits per heavy atom. The molecule has 29 heavy (non-hydrogen) atoms. The van der Waals surface area contributed by atoms with Crippen molar-refractivity contribution in [2.45, 2.75) is 44.2 Å². The fourth-order valence-electron chi connectivity index (χ4n) is 3.92. The summed E-state index contributed by atoms with van der Waals surface area (Å²) in [7, 11) is 1.61. The lowest BCUT2D eigenvalue weighted by molar-refractivity contribution is 0.0703. The van der Waals surface area contributed by atoms with E-state index in [9.17, 15) is 9.59 Å². The number of likely N-dealkylation sites (tertiary alicyclic amines) is 1. The zero-order valence-corrected chi connectivity index (χ0v) is 18.7. The van der Waals surface area contributed by atoms with Gasteiger partial charge in [0, 0.05) is 36.6 Å². The van der Waals surface area contributed by atoms with E-state index in [1.165, 1.54) is 4.68 Å². The van der Waals surface area contributed by atoms with Crippen LogP contribution in [0.1, 0.15) is 53.8 Å². The maximum absolute atomic E-state index is 13.1. The highest BCUT2D eigenvalue weighted by atomic mass is 79.9. The molecule has 1 amide bonds. The Kier molecular flexibility index (Phi) is 6.13. The molecule has 1 aromatic heterocycles. The number of amides is 1. The van der Waals surface area contributed by atoms with Gasteiger partial charge in [0.15, 0.2) is 0 Å². The molecule has 1 unspecified atom stereocenters. The smallest absolute Gasteiger partial charge is 0.346 e. The normalized spacial score (nSPS) is 19.6. The summed E-state index contributed by atoms with van der Waals surface area (Å²) in [4.78, 5) is 27.8. The number of nitrogens with zero attached hydrogens (tertiary/aromatic N) is 4. The number of methoxy groups -OCH3 is 1. The van der Waals surface area contributed by atoms with Gasteiger partial charge in [0.05, 0.1) is 23.7 Å². The minimum atomic E-state index is -0.0832. The molecule has 2 heterocycles. The molecular formula is C20H24BrClN4O3. The van der Waals surface area contributed by atoms with E-state index in [2.05, 4.69) is 21.0 Å². The summed E-state index contributed by atoms with van der Waals surface area (Å²) in [5, 5.41) is 5.09. The monoisotopic (exact) mass is 482 g/mol. The topological polar surface area (TPSA) is 69.4 Å². The molecule has 0 radical (unpaired) electrons.